The lowest BCUT2D eigenvalue weighted by molar-refractivity contribution is 0.306. The maximum absolute atomic E-state index is 11.4. The third-order valence-corrected chi connectivity index (χ3v) is 4.11. The Morgan fingerprint density at radius 3 is 2.68 bits per heavy atom. The van der Waals surface area contributed by atoms with Crippen molar-refractivity contribution in [3.05, 3.63) is 86.7 Å². The predicted octanol–water partition coefficient (Wildman–Crippen LogP) is 3.56. The summed E-state index contributed by atoms with van der Waals surface area (Å²) in [6.45, 7) is 0.527. The van der Waals surface area contributed by atoms with Crippen LogP contribution in [0.25, 0.3) is 0 Å². The van der Waals surface area contributed by atoms with Crippen molar-refractivity contribution in [1.29, 1.82) is 0 Å². The minimum Gasteiger partial charge on any atom is -0.489 e. The van der Waals surface area contributed by atoms with Crippen LogP contribution in [0, 0.1) is 0 Å². The third kappa shape index (κ3) is 4.77. The monoisotopic (exact) mass is 398 g/mol. The van der Waals surface area contributed by atoms with Crippen molar-refractivity contribution >= 4 is 27.8 Å². The molecular weight excluding hydrogens is 384 g/mol. The summed E-state index contributed by atoms with van der Waals surface area (Å²) in [6, 6.07) is 17.6. The lowest BCUT2D eigenvalue weighted by Crippen LogP contribution is -2.10. The molecule has 0 aliphatic rings. The van der Waals surface area contributed by atoms with Crippen LogP contribution in [0.2, 0.25) is 0 Å². The SMILES string of the molecule is O=c1[nH]ncc(N/N=C/c2ccc(OCc3ccccc3)cc2)c1Br. The average Bonchev–Trinajstić information content (AvgIpc) is 2.65. The van der Waals surface area contributed by atoms with Crippen LogP contribution < -0.4 is 15.7 Å². The average molecular weight is 399 g/mol. The Morgan fingerprint density at radius 2 is 1.92 bits per heavy atom. The summed E-state index contributed by atoms with van der Waals surface area (Å²) in [5, 5.41) is 10.1. The van der Waals surface area contributed by atoms with Crippen molar-refractivity contribution in [2.45, 2.75) is 6.61 Å². The van der Waals surface area contributed by atoms with Crippen LogP contribution in [-0.4, -0.2) is 16.4 Å². The van der Waals surface area contributed by atoms with Gasteiger partial charge in [-0.1, -0.05) is 30.3 Å². The number of hydrogen-bond donors (Lipinski definition) is 2. The van der Waals surface area contributed by atoms with Gasteiger partial charge in [0.25, 0.3) is 5.56 Å². The fraction of sp³-hybridized carbons (Fsp3) is 0.0556. The first-order chi connectivity index (χ1) is 12.2. The Labute approximate surface area is 152 Å². The van der Waals surface area contributed by atoms with Crippen LogP contribution in [0.15, 0.2) is 75.2 Å². The van der Waals surface area contributed by atoms with E-state index in [4.69, 9.17) is 4.74 Å². The first kappa shape index (κ1) is 16.9. The van der Waals surface area contributed by atoms with Crippen LogP contribution in [0.3, 0.4) is 0 Å². The number of nitrogens with zero attached hydrogens (tertiary/aromatic N) is 2. The highest BCUT2D eigenvalue weighted by atomic mass is 79.9. The van der Waals surface area contributed by atoms with E-state index in [0.717, 1.165) is 16.9 Å². The second kappa shape index (κ2) is 8.25. The van der Waals surface area contributed by atoms with Gasteiger partial charge < -0.3 is 4.74 Å². The number of anilines is 1. The van der Waals surface area contributed by atoms with Crippen LogP contribution in [-0.2, 0) is 6.61 Å². The molecule has 0 spiro atoms. The zero-order valence-electron chi connectivity index (χ0n) is 13.1. The standard InChI is InChI=1S/C18H15BrN4O2/c19-17-16(11-21-23-18(17)24)22-20-10-13-6-8-15(9-7-13)25-12-14-4-2-1-3-5-14/h1-11H,12H2,(H2,22,23,24)/b20-10+. The van der Waals surface area contributed by atoms with E-state index in [-0.39, 0.29) is 5.56 Å². The molecule has 0 aliphatic carbocycles. The van der Waals surface area contributed by atoms with Gasteiger partial charge in [0.2, 0.25) is 0 Å². The quantitative estimate of drug-likeness (QED) is 0.491. The van der Waals surface area contributed by atoms with E-state index in [0.29, 0.717) is 16.8 Å². The third-order valence-electron chi connectivity index (χ3n) is 3.32. The Morgan fingerprint density at radius 1 is 1.16 bits per heavy atom. The van der Waals surface area contributed by atoms with Crippen molar-refractivity contribution in [3.63, 3.8) is 0 Å². The molecule has 2 N–H and O–H groups in total. The smallest absolute Gasteiger partial charge is 0.280 e. The molecule has 3 aromatic rings. The van der Waals surface area contributed by atoms with Gasteiger partial charge in [0.05, 0.1) is 18.1 Å². The molecule has 3 rings (SSSR count). The molecule has 0 saturated carbocycles. The van der Waals surface area contributed by atoms with Crippen molar-refractivity contribution in [2.75, 3.05) is 5.43 Å². The van der Waals surface area contributed by atoms with Crippen molar-refractivity contribution in [1.82, 2.24) is 10.2 Å². The minimum atomic E-state index is -0.319. The number of aromatic nitrogens is 2. The minimum absolute atomic E-state index is 0.319. The molecular formula is C18H15BrN4O2. The van der Waals surface area contributed by atoms with Gasteiger partial charge >= 0.3 is 0 Å². The number of rotatable bonds is 6. The summed E-state index contributed by atoms with van der Waals surface area (Å²) in [4.78, 5) is 11.4. The second-order valence-electron chi connectivity index (χ2n) is 5.14. The Bertz CT molecular complexity index is 908. The number of hydrazone groups is 1. The van der Waals surface area contributed by atoms with Gasteiger partial charge in [0.15, 0.2) is 0 Å². The zero-order valence-corrected chi connectivity index (χ0v) is 14.7. The molecule has 126 valence electrons. The van der Waals surface area contributed by atoms with Crippen molar-refractivity contribution in [3.8, 4) is 5.75 Å². The number of aromatic amines is 1. The maximum Gasteiger partial charge on any atom is 0.280 e. The Hall–Kier alpha value is -2.93. The van der Waals surface area contributed by atoms with Crippen LogP contribution in [0.1, 0.15) is 11.1 Å². The van der Waals surface area contributed by atoms with E-state index in [1.54, 1.807) is 6.21 Å². The van der Waals surface area contributed by atoms with Gasteiger partial charge in [-0.2, -0.15) is 10.2 Å². The first-order valence-electron chi connectivity index (χ1n) is 7.51. The molecule has 1 heterocycles. The highest BCUT2D eigenvalue weighted by Gasteiger charge is 2.02. The molecule has 0 amide bonds. The van der Waals surface area contributed by atoms with Crippen LogP contribution in [0.5, 0.6) is 5.75 Å². The number of nitrogens with one attached hydrogen (secondary N) is 2. The molecule has 0 fully saturated rings. The van der Waals surface area contributed by atoms with E-state index in [1.807, 2.05) is 54.6 Å². The highest BCUT2D eigenvalue weighted by Crippen LogP contribution is 2.16. The molecule has 6 nitrogen and oxygen atoms in total. The van der Waals surface area contributed by atoms with Gasteiger partial charge in [0, 0.05) is 0 Å². The van der Waals surface area contributed by atoms with E-state index in [2.05, 4.69) is 36.7 Å². The fourth-order valence-electron chi connectivity index (χ4n) is 2.03. The summed E-state index contributed by atoms with van der Waals surface area (Å²) < 4.78 is 6.09. The van der Waals surface area contributed by atoms with Crippen molar-refractivity contribution in [2.24, 2.45) is 5.10 Å². The summed E-state index contributed by atoms with van der Waals surface area (Å²) in [6.07, 6.45) is 3.12. The van der Waals surface area contributed by atoms with E-state index >= 15 is 0 Å². The fourth-order valence-corrected chi connectivity index (χ4v) is 2.31. The van der Waals surface area contributed by atoms with Gasteiger partial charge in [0.1, 0.15) is 16.8 Å². The van der Waals surface area contributed by atoms with Gasteiger partial charge in [-0.3, -0.25) is 10.2 Å². The number of ether oxygens (including phenoxy) is 1. The Balaban J connectivity index is 1.57. The molecule has 0 aliphatic heterocycles. The first-order valence-corrected chi connectivity index (χ1v) is 8.31. The topological polar surface area (TPSA) is 79.4 Å². The molecule has 0 saturated heterocycles. The summed E-state index contributed by atoms with van der Waals surface area (Å²) in [7, 11) is 0. The molecule has 1 aromatic heterocycles. The second-order valence-corrected chi connectivity index (χ2v) is 5.93. The molecule has 0 bridgehead atoms. The van der Waals surface area contributed by atoms with Gasteiger partial charge in [-0.15, -0.1) is 0 Å². The maximum atomic E-state index is 11.4. The van der Waals surface area contributed by atoms with Crippen molar-refractivity contribution < 1.29 is 4.74 Å². The van der Waals surface area contributed by atoms with Crippen LogP contribution in [0.4, 0.5) is 5.69 Å². The number of benzene rings is 2. The number of H-pyrrole nitrogens is 1. The Kier molecular flexibility index (Phi) is 5.58. The molecule has 0 radical (unpaired) electrons. The summed E-state index contributed by atoms with van der Waals surface area (Å²) in [5.74, 6) is 0.787. The predicted molar refractivity (Wildman–Crippen MR) is 101 cm³/mol. The summed E-state index contributed by atoms with van der Waals surface area (Å²) >= 11 is 3.18. The lowest BCUT2D eigenvalue weighted by Gasteiger charge is -2.06. The lowest BCUT2D eigenvalue weighted by atomic mass is 10.2. The zero-order chi connectivity index (χ0) is 17.5. The molecule has 25 heavy (non-hydrogen) atoms. The summed E-state index contributed by atoms with van der Waals surface area (Å²) in [5.41, 5.74) is 4.96. The molecule has 0 atom stereocenters. The number of halogens is 1. The van der Waals surface area contributed by atoms with E-state index in [9.17, 15) is 4.79 Å². The normalized spacial score (nSPS) is 10.8. The van der Waals surface area contributed by atoms with E-state index in [1.165, 1.54) is 6.20 Å². The van der Waals surface area contributed by atoms with Gasteiger partial charge in [-0.25, -0.2) is 5.10 Å². The highest BCUT2D eigenvalue weighted by molar-refractivity contribution is 9.10. The molecule has 0 unspecified atom stereocenters. The van der Waals surface area contributed by atoms with Gasteiger partial charge in [-0.05, 0) is 51.3 Å². The van der Waals surface area contributed by atoms with Crippen LogP contribution >= 0.6 is 15.9 Å². The number of hydrogen-bond acceptors (Lipinski definition) is 5. The molecule has 7 heteroatoms. The molecule has 2 aromatic carbocycles. The largest absolute Gasteiger partial charge is 0.489 e. The van der Waals surface area contributed by atoms with E-state index < -0.39 is 0 Å².